The number of piperazine rings is 1. The van der Waals surface area contributed by atoms with Gasteiger partial charge in [0.25, 0.3) is 0 Å². The van der Waals surface area contributed by atoms with Crippen LogP contribution in [0.25, 0.3) is 0 Å². The molecule has 1 aromatic rings. The lowest BCUT2D eigenvalue weighted by atomic mass is 10.2. The first kappa shape index (κ1) is 13.0. The number of nitrogens with zero attached hydrogens (tertiary/aromatic N) is 2. The number of carbonyl (C=O) groups is 1. The molecule has 1 aromatic heterocycles. The van der Waals surface area contributed by atoms with Gasteiger partial charge in [0.1, 0.15) is 0 Å². The van der Waals surface area contributed by atoms with Gasteiger partial charge in [0.15, 0.2) is 0 Å². The lowest BCUT2D eigenvalue weighted by Gasteiger charge is -2.31. The molecule has 0 radical (unpaired) electrons. The summed E-state index contributed by atoms with van der Waals surface area (Å²) >= 11 is 0. The van der Waals surface area contributed by atoms with Crippen molar-refractivity contribution in [1.82, 2.24) is 20.4 Å². The molecule has 1 atom stereocenters. The Kier molecular flexibility index (Phi) is 3.98. The molecule has 1 amide bonds. The number of nitrogens with one attached hydrogen (secondary N) is 3. The maximum atomic E-state index is 12.0. The van der Waals surface area contributed by atoms with Gasteiger partial charge in [-0.1, -0.05) is 0 Å². The molecule has 3 N–H and O–H groups in total. The minimum absolute atomic E-state index is 0.0247. The van der Waals surface area contributed by atoms with Gasteiger partial charge < -0.3 is 10.6 Å². The van der Waals surface area contributed by atoms with Gasteiger partial charge in [-0.3, -0.25) is 14.8 Å². The zero-order valence-corrected chi connectivity index (χ0v) is 11.2. The Morgan fingerprint density at radius 3 is 2.94 bits per heavy atom. The van der Waals surface area contributed by atoms with Crippen molar-refractivity contribution in [2.24, 2.45) is 0 Å². The molecule has 100 valence electrons. The Hall–Kier alpha value is -1.40. The summed E-state index contributed by atoms with van der Waals surface area (Å²) in [6.45, 7) is 9.13. The maximum absolute atomic E-state index is 12.0. The molecule has 1 saturated heterocycles. The summed E-state index contributed by atoms with van der Waals surface area (Å²) in [5.41, 5.74) is 2.53. The minimum atomic E-state index is 0.0247. The van der Waals surface area contributed by atoms with Crippen molar-refractivity contribution in [1.29, 1.82) is 0 Å². The molecule has 6 heteroatoms. The first-order valence-electron chi connectivity index (χ1n) is 6.33. The fourth-order valence-corrected chi connectivity index (χ4v) is 2.27. The second-order valence-corrected chi connectivity index (χ2v) is 4.95. The van der Waals surface area contributed by atoms with Crippen LogP contribution in [0.15, 0.2) is 0 Å². The average molecular weight is 251 g/mol. The molecule has 1 fully saturated rings. The molecule has 1 aliphatic rings. The van der Waals surface area contributed by atoms with Crippen molar-refractivity contribution in [3.05, 3.63) is 11.4 Å². The van der Waals surface area contributed by atoms with Crippen LogP contribution in [-0.4, -0.2) is 53.2 Å². The van der Waals surface area contributed by atoms with Crippen LogP contribution in [0.4, 0.5) is 5.69 Å². The smallest absolute Gasteiger partial charge is 0.238 e. The first-order chi connectivity index (χ1) is 8.56. The van der Waals surface area contributed by atoms with E-state index in [0.717, 1.165) is 36.7 Å². The van der Waals surface area contributed by atoms with Gasteiger partial charge in [-0.2, -0.15) is 5.10 Å². The fraction of sp³-hybridized carbons (Fsp3) is 0.667. The molecular weight excluding hydrogens is 230 g/mol. The van der Waals surface area contributed by atoms with Gasteiger partial charge in [-0.25, -0.2) is 0 Å². The number of carbonyl (C=O) groups excluding carboxylic acids is 1. The lowest BCUT2D eigenvalue weighted by molar-refractivity contribution is -0.117. The molecule has 1 aliphatic heterocycles. The molecule has 0 unspecified atom stereocenters. The van der Waals surface area contributed by atoms with Gasteiger partial charge in [-0.05, 0) is 20.8 Å². The van der Waals surface area contributed by atoms with E-state index in [4.69, 9.17) is 0 Å². The van der Waals surface area contributed by atoms with Crippen molar-refractivity contribution in [3.63, 3.8) is 0 Å². The molecule has 2 heterocycles. The standard InChI is InChI=1S/C12H21N5O/c1-8-6-17(5-4-13-8)7-11(18)14-12-9(2)15-16-10(12)3/h8,13H,4-7H2,1-3H3,(H,14,18)(H,15,16)/t8-/m0/s1. The first-order valence-corrected chi connectivity index (χ1v) is 6.33. The highest BCUT2D eigenvalue weighted by molar-refractivity contribution is 5.93. The van der Waals surface area contributed by atoms with E-state index in [-0.39, 0.29) is 5.91 Å². The molecule has 0 spiro atoms. The van der Waals surface area contributed by atoms with Gasteiger partial charge in [0.2, 0.25) is 5.91 Å². The number of hydrogen-bond donors (Lipinski definition) is 3. The monoisotopic (exact) mass is 251 g/mol. The summed E-state index contributed by atoms with van der Waals surface area (Å²) in [6.07, 6.45) is 0. The van der Waals surface area contributed by atoms with Crippen LogP contribution in [0.2, 0.25) is 0 Å². The number of amides is 1. The van der Waals surface area contributed by atoms with E-state index in [1.54, 1.807) is 0 Å². The number of rotatable bonds is 3. The second kappa shape index (κ2) is 5.49. The normalized spacial score (nSPS) is 20.9. The zero-order valence-electron chi connectivity index (χ0n) is 11.2. The van der Waals surface area contributed by atoms with Crippen molar-refractivity contribution in [3.8, 4) is 0 Å². The summed E-state index contributed by atoms with van der Waals surface area (Å²) in [5, 5.41) is 13.2. The van der Waals surface area contributed by atoms with E-state index >= 15 is 0 Å². The summed E-state index contributed by atoms with van der Waals surface area (Å²) in [7, 11) is 0. The van der Waals surface area contributed by atoms with Crippen LogP contribution in [0.1, 0.15) is 18.3 Å². The fourth-order valence-electron chi connectivity index (χ4n) is 2.27. The Labute approximate surface area is 107 Å². The van der Waals surface area contributed by atoms with Gasteiger partial charge in [0.05, 0.1) is 23.6 Å². The molecule has 0 saturated carbocycles. The summed E-state index contributed by atoms with van der Waals surface area (Å²) in [5.74, 6) is 0.0247. The summed E-state index contributed by atoms with van der Waals surface area (Å²) in [6, 6.07) is 0.448. The van der Waals surface area contributed by atoms with E-state index in [2.05, 4.69) is 32.7 Å². The van der Waals surface area contributed by atoms with E-state index in [1.165, 1.54) is 0 Å². The average Bonchev–Trinajstić information content (AvgIpc) is 2.61. The third-order valence-electron chi connectivity index (χ3n) is 3.21. The molecule has 18 heavy (non-hydrogen) atoms. The van der Waals surface area contributed by atoms with E-state index in [0.29, 0.717) is 12.6 Å². The van der Waals surface area contributed by atoms with Crippen molar-refractivity contribution < 1.29 is 4.79 Å². The van der Waals surface area contributed by atoms with E-state index in [9.17, 15) is 4.79 Å². The lowest BCUT2D eigenvalue weighted by Crippen LogP contribution is -2.51. The van der Waals surface area contributed by atoms with Crippen LogP contribution in [-0.2, 0) is 4.79 Å². The second-order valence-electron chi connectivity index (χ2n) is 4.95. The molecule has 0 aliphatic carbocycles. The maximum Gasteiger partial charge on any atom is 0.238 e. The number of H-pyrrole nitrogens is 1. The van der Waals surface area contributed by atoms with Crippen molar-refractivity contribution in [2.75, 3.05) is 31.5 Å². The zero-order chi connectivity index (χ0) is 13.1. The predicted octanol–water partition coefficient (Wildman–Crippen LogP) is 0.259. The molecular formula is C12H21N5O. The van der Waals surface area contributed by atoms with Gasteiger partial charge in [-0.15, -0.1) is 0 Å². The van der Waals surface area contributed by atoms with Crippen molar-refractivity contribution >= 4 is 11.6 Å². The third-order valence-corrected chi connectivity index (χ3v) is 3.21. The SMILES string of the molecule is Cc1n[nH]c(C)c1NC(=O)CN1CCN[C@@H](C)C1. The largest absolute Gasteiger partial charge is 0.322 e. The number of aromatic nitrogens is 2. The minimum Gasteiger partial charge on any atom is -0.322 e. The van der Waals surface area contributed by atoms with Crippen molar-refractivity contribution in [2.45, 2.75) is 26.8 Å². The summed E-state index contributed by atoms with van der Waals surface area (Å²) < 4.78 is 0. The van der Waals surface area contributed by atoms with E-state index < -0.39 is 0 Å². The molecule has 0 bridgehead atoms. The van der Waals surface area contributed by atoms with Crippen LogP contribution < -0.4 is 10.6 Å². The topological polar surface area (TPSA) is 73.0 Å². The quantitative estimate of drug-likeness (QED) is 0.720. The predicted molar refractivity (Wildman–Crippen MR) is 70.6 cm³/mol. The molecule has 6 nitrogen and oxygen atoms in total. The van der Waals surface area contributed by atoms with E-state index in [1.807, 2.05) is 13.8 Å². The molecule has 2 rings (SSSR count). The highest BCUT2D eigenvalue weighted by atomic mass is 16.2. The highest BCUT2D eigenvalue weighted by Crippen LogP contribution is 2.15. The Morgan fingerprint density at radius 2 is 2.33 bits per heavy atom. The molecule has 0 aromatic carbocycles. The van der Waals surface area contributed by atoms with Gasteiger partial charge >= 0.3 is 0 Å². The number of aromatic amines is 1. The van der Waals surface area contributed by atoms with Crippen LogP contribution in [0.5, 0.6) is 0 Å². The van der Waals surface area contributed by atoms with Crippen LogP contribution >= 0.6 is 0 Å². The Morgan fingerprint density at radius 1 is 1.56 bits per heavy atom. The third kappa shape index (κ3) is 3.08. The van der Waals surface area contributed by atoms with Gasteiger partial charge in [0, 0.05) is 25.7 Å². The number of anilines is 1. The number of hydrogen-bond acceptors (Lipinski definition) is 4. The summed E-state index contributed by atoms with van der Waals surface area (Å²) in [4.78, 5) is 14.1. The number of aryl methyl sites for hydroxylation is 2. The van der Waals surface area contributed by atoms with Crippen LogP contribution in [0, 0.1) is 13.8 Å². The highest BCUT2D eigenvalue weighted by Gasteiger charge is 2.19. The Balaban J connectivity index is 1.89. The Bertz CT molecular complexity index is 409. The van der Waals surface area contributed by atoms with Crippen LogP contribution in [0.3, 0.4) is 0 Å².